The summed E-state index contributed by atoms with van der Waals surface area (Å²) in [4.78, 5) is 36.0. The molecule has 7 nitrogen and oxygen atoms in total. The summed E-state index contributed by atoms with van der Waals surface area (Å²) in [6.07, 6.45) is 1.46. The van der Waals surface area contributed by atoms with Gasteiger partial charge in [-0.3, -0.25) is 9.59 Å². The monoisotopic (exact) mass is 352 g/mol. The van der Waals surface area contributed by atoms with E-state index in [1.165, 1.54) is 13.2 Å². The van der Waals surface area contributed by atoms with Crippen LogP contribution in [-0.4, -0.2) is 42.6 Å². The number of ether oxygens (including phenoxy) is 2. The molecule has 0 saturated carbocycles. The zero-order valence-electron chi connectivity index (χ0n) is 13.5. The first-order valence-electron chi connectivity index (χ1n) is 7.19. The first-order chi connectivity index (χ1) is 11.3. The summed E-state index contributed by atoms with van der Waals surface area (Å²) in [6, 6.07) is 4.33. The predicted molar refractivity (Wildman–Crippen MR) is 87.5 cm³/mol. The van der Waals surface area contributed by atoms with Crippen LogP contribution in [0.3, 0.4) is 0 Å². The minimum absolute atomic E-state index is 0.0192. The fourth-order valence-electron chi connectivity index (χ4n) is 2.03. The second-order valence-corrected chi connectivity index (χ2v) is 5.72. The molecule has 128 valence electrons. The van der Waals surface area contributed by atoms with Crippen LogP contribution in [0, 0.1) is 0 Å². The molecule has 1 N–H and O–H groups in total. The summed E-state index contributed by atoms with van der Waals surface area (Å²) in [5.41, 5.74) is 0.664. The molecule has 8 heteroatoms. The van der Waals surface area contributed by atoms with Crippen LogP contribution < -0.4 is 10.1 Å². The molecule has 0 atom stereocenters. The Morgan fingerprint density at radius 3 is 2.67 bits per heavy atom. The highest BCUT2D eigenvalue weighted by Crippen LogP contribution is 2.27. The number of hydrogen-bond donors (Lipinski definition) is 1. The topological polar surface area (TPSA) is 84.9 Å². The Labute approximate surface area is 144 Å². The molecule has 1 fully saturated rings. The number of hydrogen-bond acceptors (Lipinski definition) is 5. The third-order valence-electron chi connectivity index (χ3n) is 3.11. The Kier molecular flexibility index (Phi) is 5.46. The molecule has 0 radical (unpaired) electrons. The van der Waals surface area contributed by atoms with Gasteiger partial charge < -0.3 is 14.8 Å². The van der Waals surface area contributed by atoms with E-state index in [1.54, 1.807) is 18.2 Å². The van der Waals surface area contributed by atoms with Gasteiger partial charge in [0.1, 0.15) is 18.0 Å². The largest absolute Gasteiger partial charge is 0.489 e. The molecule has 24 heavy (non-hydrogen) atoms. The number of benzene rings is 1. The average molecular weight is 353 g/mol. The van der Waals surface area contributed by atoms with Gasteiger partial charge >= 0.3 is 12.0 Å². The molecule has 3 amide bonds. The van der Waals surface area contributed by atoms with Crippen LogP contribution in [0.15, 0.2) is 23.9 Å². The molecular weight excluding hydrogens is 336 g/mol. The second kappa shape index (κ2) is 7.35. The Morgan fingerprint density at radius 2 is 2.08 bits per heavy atom. The number of carbonyl (C=O) groups excluding carboxylic acids is 3. The predicted octanol–water partition coefficient (Wildman–Crippen LogP) is 2.19. The summed E-state index contributed by atoms with van der Waals surface area (Å²) in [5, 5.41) is 2.80. The number of nitrogens with zero attached hydrogens (tertiary/aromatic N) is 1. The lowest BCUT2D eigenvalue weighted by Crippen LogP contribution is -2.36. The van der Waals surface area contributed by atoms with Crippen molar-refractivity contribution in [2.75, 3.05) is 13.7 Å². The van der Waals surface area contributed by atoms with Crippen molar-refractivity contribution in [3.05, 3.63) is 34.5 Å². The number of amides is 3. The van der Waals surface area contributed by atoms with Crippen molar-refractivity contribution in [2.24, 2.45) is 0 Å². The van der Waals surface area contributed by atoms with Gasteiger partial charge in [0.15, 0.2) is 0 Å². The average Bonchev–Trinajstić information content (AvgIpc) is 2.77. The van der Waals surface area contributed by atoms with E-state index in [1.807, 2.05) is 13.8 Å². The molecule has 1 aromatic rings. The van der Waals surface area contributed by atoms with Crippen molar-refractivity contribution in [1.29, 1.82) is 0 Å². The van der Waals surface area contributed by atoms with Gasteiger partial charge in [0.25, 0.3) is 5.91 Å². The Bertz CT molecular complexity index is 714. The lowest BCUT2D eigenvalue weighted by molar-refractivity contribution is -0.143. The molecule has 1 aliphatic rings. The highest BCUT2D eigenvalue weighted by atomic mass is 35.5. The fourth-order valence-corrected chi connectivity index (χ4v) is 2.27. The van der Waals surface area contributed by atoms with E-state index >= 15 is 0 Å². The minimum atomic E-state index is -0.682. The lowest BCUT2D eigenvalue weighted by Gasteiger charge is -2.11. The van der Waals surface area contributed by atoms with Crippen LogP contribution in [0.5, 0.6) is 5.75 Å². The first kappa shape index (κ1) is 17.8. The van der Waals surface area contributed by atoms with Gasteiger partial charge in [-0.15, -0.1) is 0 Å². The molecule has 1 aliphatic heterocycles. The van der Waals surface area contributed by atoms with Gasteiger partial charge in [0, 0.05) is 0 Å². The van der Waals surface area contributed by atoms with Gasteiger partial charge in [-0.1, -0.05) is 17.7 Å². The molecule has 2 rings (SSSR count). The minimum Gasteiger partial charge on any atom is -0.489 e. The molecule has 1 aromatic carbocycles. The zero-order chi connectivity index (χ0) is 17.9. The molecule has 1 saturated heterocycles. The third kappa shape index (κ3) is 4.05. The van der Waals surface area contributed by atoms with Crippen LogP contribution >= 0.6 is 11.6 Å². The fraction of sp³-hybridized carbons (Fsp3) is 0.312. The van der Waals surface area contributed by atoms with Gasteiger partial charge in [0.2, 0.25) is 0 Å². The summed E-state index contributed by atoms with van der Waals surface area (Å²) in [7, 11) is 1.18. The van der Waals surface area contributed by atoms with Gasteiger partial charge in [-0.2, -0.15) is 0 Å². The molecule has 0 aromatic heterocycles. The Hall–Kier alpha value is -2.54. The summed E-state index contributed by atoms with van der Waals surface area (Å²) < 4.78 is 9.99. The maximum atomic E-state index is 12.2. The lowest BCUT2D eigenvalue weighted by atomic mass is 10.2. The van der Waals surface area contributed by atoms with Crippen LogP contribution in [0.25, 0.3) is 6.08 Å². The number of nitrogens with one attached hydrogen (secondary N) is 1. The molecular formula is C16H17ClN2O5. The van der Waals surface area contributed by atoms with Crippen molar-refractivity contribution in [2.45, 2.75) is 20.0 Å². The Morgan fingerprint density at radius 1 is 1.38 bits per heavy atom. The highest BCUT2D eigenvalue weighted by Gasteiger charge is 2.35. The Balaban J connectivity index is 2.19. The van der Waals surface area contributed by atoms with E-state index in [2.05, 4.69) is 10.1 Å². The molecule has 0 bridgehead atoms. The summed E-state index contributed by atoms with van der Waals surface area (Å²) in [6.45, 7) is 3.32. The standard InChI is InChI=1S/C16H17ClN2O5/c1-9(2)24-13-5-4-10(6-11(13)17)7-12-15(21)19(16(22)18-12)8-14(20)23-3/h4-7,9H,8H2,1-3H3,(H,18,22). The van der Waals surface area contributed by atoms with E-state index in [0.717, 1.165) is 4.90 Å². The van der Waals surface area contributed by atoms with Crippen molar-refractivity contribution >= 4 is 35.6 Å². The van der Waals surface area contributed by atoms with Crippen LogP contribution in [0.2, 0.25) is 5.02 Å². The van der Waals surface area contributed by atoms with E-state index < -0.39 is 24.5 Å². The molecule has 0 aliphatic carbocycles. The van der Waals surface area contributed by atoms with Crippen LogP contribution in [-0.2, 0) is 14.3 Å². The van der Waals surface area contributed by atoms with E-state index in [-0.39, 0.29) is 11.8 Å². The van der Waals surface area contributed by atoms with Gasteiger partial charge in [-0.05, 0) is 37.6 Å². The SMILES string of the molecule is COC(=O)CN1C(=O)NC(=Cc2ccc(OC(C)C)c(Cl)c2)C1=O. The maximum absolute atomic E-state index is 12.2. The number of urea groups is 1. The van der Waals surface area contributed by atoms with Crippen molar-refractivity contribution < 1.29 is 23.9 Å². The maximum Gasteiger partial charge on any atom is 0.329 e. The van der Waals surface area contributed by atoms with E-state index in [9.17, 15) is 14.4 Å². The zero-order valence-corrected chi connectivity index (χ0v) is 14.2. The molecule has 0 spiro atoms. The normalized spacial score (nSPS) is 15.9. The number of halogens is 1. The summed E-state index contributed by atoms with van der Waals surface area (Å²) in [5.74, 6) is -0.759. The quantitative estimate of drug-likeness (QED) is 0.499. The molecule has 1 heterocycles. The number of esters is 1. The number of rotatable bonds is 5. The van der Waals surface area contributed by atoms with Crippen molar-refractivity contribution in [1.82, 2.24) is 10.2 Å². The first-order valence-corrected chi connectivity index (χ1v) is 7.57. The highest BCUT2D eigenvalue weighted by molar-refractivity contribution is 6.32. The number of methoxy groups -OCH3 is 1. The smallest absolute Gasteiger partial charge is 0.329 e. The van der Waals surface area contributed by atoms with E-state index in [0.29, 0.717) is 16.3 Å². The van der Waals surface area contributed by atoms with Crippen molar-refractivity contribution in [3.63, 3.8) is 0 Å². The van der Waals surface area contributed by atoms with Crippen molar-refractivity contribution in [3.8, 4) is 5.75 Å². The van der Waals surface area contributed by atoms with E-state index in [4.69, 9.17) is 16.3 Å². The van der Waals surface area contributed by atoms with Crippen LogP contribution in [0.4, 0.5) is 4.79 Å². The number of carbonyl (C=O) groups is 3. The number of imide groups is 1. The molecule has 0 unspecified atom stereocenters. The summed E-state index contributed by atoms with van der Waals surface area (Å²) >= 11 is 6.14. The van der Waals surface area contributed by atoms with Gasteiger partial charge in [0.05, 0.1) is 18.2 Å². The third-order valence-corrected chi connectivity index (χ3v) is 3.40. The van der Waals surface area contributed by atoms with Gasteiger partial charge in [-0.25, -0.2) is 9.69 Å². The second-order valence-electron chi connectivity index (χ2n) is 5.31. The van der Waals surface area contributed by atoms with Crippen LogP contribution in [0.1, 0.15) is 19.4 Å².